The molecular formula is C13H16ClNO. The van der Waals surface area contributed by atoms with Gasteiger partial charge in [0.2, 0.25) is 0 Å². The van der Waals surface area contributed by atoms with Crippen molar-refractivity contribution < 1.29 is 4.79 Å². The number of nitrogens with zero attached hydrogens (tertiary/aromatic N) is 1. The Morgan fingerprint density at radius 3 is 2.69 bits per heavy atom. The first-order valence-corrected chi connectivity index (χ1v) is 6.10. The molecule has 2 nitrogen and oxygen atoms in total. The summed E-state index contributed by atoms with van der Waals surface area (Å²) in [5.74, 6) is 0.597. The maximum absolute atomic E-state index is 12.1. The molecule has 0 spiro atoms. The van der Waals surface area contributed by atoms with Gasteiger partial charge in [-0.1, -0.05) is 25.1 Å². The number of rotatable bonds is 1. The molecule has 1 aromatic carbocycles. The van der Waals surface area contributed by atoms with E-state index >= 15 is 0 Å². The summed E-state index contributed by atoms with van der Waals surface area (Å²) in [5, 5.41) is 0.0846. The van der Waals surface area contributed by atoms with Gasteiger partial charge < -0.3 is 4.90 Å². The number of carbonyl (C=O) groups is 1. The van der Waals surface area contributed by atoms with Gasteiger partial charge in [0.05, 0.1) is 5.38 Å². The van der Waals surface area contributed by atoms with Crippen LogP contribution in [0.5, 0.6) is 0 Å². The molecule has 0 aromatic heterocycles. The summed E-state index contributed by atoms with van der Waals surface area (Å²) in [6.45, 7) is 3.62. The average molecular weight is 238 g/mol. The van der Waals surface area contributed by atoms with Crippen molar-refractivity contribution in [2.24, 2.45) is 5.92 Å². The molecule has 0 radical (unpaired) electrons. The molecule has 2 unspecified atom stereocenters. The molecule has 0 aliphatic carbocycles. The lowest BCUT2D eigenvalue weighted by Crippen LogP contribution is -2.43. The number of benzene rings is 1. The lowest BCUT2D eigenvalue weighted by molar-refractivity contribution is 0.0701. The van der Waals surface area contributed by atoms with Gasteiger partial charge in [0.1, 0.15) is 0 Å². The van der Waals surface area contributed by atoms with Crippen molar-refractivity contribution in [2.45, 2.75) is 18.7 Å². The van der Waals surface area contributed by atoms with E-state index < -0.39 is 0 Å². The van der Waals surface area contributed by atoms with Crippen molar-refractivity contribution in [3.63, 3.8) is 0 Å². The van der Waals surface area contributed by atoms with E-state index in [1.165, 1.54) is 0 Å². The van der Waals surface area contributed by atoms with E-state index in [-0.39, 0.29) is 11.3 Å². The smallest absolute Gasteiger partial charge is 0.253 e. The van der Waals surface area contributed by atoms with E-state index in [0.717, 1.165) is 18.5 Å². The van der Waals surface area contributed by atoms with Crippen LogP contribution in [-0.4, -0.2) is 29.3 Å². The van der Waals surface area contributed by atoms with E-state index in [0.29, 0.717) is 12.5 Å². The monoisotopic (exact) mass is 237 g/mol. The summed E-state index contributed by atoms with van der Waals surface area (Å²) in [6, 6.07) is 9.39. The van der Waals surface area contributed by atoms with Crippen LogP contribution in [0.1, 0.15) is 23.7 Å². The summed E-state index contributed by atoms with van der Waals surface area (Å²) in [5.41, 5.74) is 0.751. The van der Waals surface area contributed by atoms with Gasteiger partial charge in [-0.3, -0.25) is 4.79 Å². The molecule has 1 fully saturated rings. The number of alkyl halides is 1. The number of hydrogen-bond donors (Lipinski definition) is 0. The summed E-state index contributed by atoms with van der Waals surface area (Å²) in [6.07, 6.45) is 0.993. The molecule has 3 heteroatoms. The van der Waals surface area contributed by atoms with Crippen molar-refractivity contribution in [2.75, 3.05) is 13.1 Å². The van der Waals surface area contributed by atoms with Crippen molar-refractivity contribution >= 4 is 17.5 Å². The molecule has 1 aliphatic rings. The van der Waals surface area contributed by atoms with Gasteiger partial charge in [-0.05, 0) is 24.5 Å². The maximum atomic E-state index is 12.1. The van der Waals surface area contributed by atoms with Crippen LogP contribution in [0.4, 0.5) is 0 Å². The first kappa shape index (κ1) is 11.5. The highest BCUT2D eigenvalue weighted by Crippen LogP contribution is 2.22. The molecule has 1 heterocycles. The van der Waals surface area contributed by atoms with Crippen LogP contribution in [0.15, 0.2) is 30.3 Å². The fraction of sp³-hybridized carbons (Fsp3) is 0.462. The highest BCUT2D eigenvalue weighted by Gasteiger charge is 2.27. The number of halogens is 1. The lowest BCUT2D eigenvalue weighted by atomic mass is 9.98. The molecule has 0 N–H and O–H groups in total. The van der Waals surface area contributed by atoms with Crippen molar-refractivity contribution in [3.8, 4) is 0 Å². The fourth-order valence-corrected chi connectivity index (χ4v) is 2.26. The quantitative estimate of drug-likeness (QED) is 0.688. The predicted octanol–water partition coefficient (Wildman–Crippen LogP) is 2.78. The van der Waals surface area contributed by atoms with Gasteiger partial charge >= 0.3 is 0 Å². The average Bonchev–Trinajstić information content (AvgIpc) is 2.33. The first-order valence-electron chi connectivity index (χ1n) is 5.67. The standard InChI is InChI=1S/C13H16ClNO/c1-10-7-8-15(9-12(10)14)13(16)11-5-3-2-4-6-11/h2-6,10,12H,7-9H2,1H3. The molecule has 1 aliphatic heterocycles. The van der Waals surface area contributed by atoms with Crippen LogP contribution < -0.4 is 0 Å². The minimum Gasteiger partial charge on any atom is -0.337 e. The van der Waals surface area contributed by atoms with Gasteiger partial charge in [-0.2, -0.15) is 0 Å². The van der Waals surface area contributed by atoms with Crippen LogP contribution in [0.3, 0.4) is 0 Å². The minimum atomic E-state index is 0.0846. The summed E-state index contributed by atoms with van der Waals surface area (Å²) in [7, 11) is 0. The third-order valence-electron chi connectivity index (χ3n) is 3.17. The van der Waals surface area contributed by atoms with E-state index in [2.05, 4.69) is 6.92 Å². The molecule has 2 rings (SSSR count). The van der Waals surface area contributed by atoms with Crippen LogP contribution in [0, 0.1) is 5.92 Å². The van der Waals surface area contributed by atoms with Gasteiger partial charge in [0.15, 0.2) is 0 Å². The zero-order valence-electron chi connectivity index (χ0n) is 9.40. The van der Waals surface area contributed by atoms with Crippen LogP contribution in [0.2, 0.25) is 0 Å². The minimum absolute atomic E-state index is 0.0846. The van der Waals surface area contributed by atoms with Gasteiger partial charge in [-0.25, -0.2) is 0 Å². The summed E-state index contributed by atoms with van der Waals surface area (Å²) < 4.78 is 0. The largest absolute Gasteiger partial charge is 0.337 e. The topological polar surface area (TPSA) is 20.3 Å². The molecule has 86 valence electrons. The second kappa shape index (κ2) is 4.88. The highest BCUT2D eigenvalue weighted by atomic mass is 35.5. The Morgan fingerprint density at radius 1 is 1.38 bits per heavy atom. The Kier molecular flexibility index (Phi) is 3.49. The zero-order chi connectivity index (χ0) is 11.5. The van der Waals surface area contributed by atoms with Crippen LogP contribution in [-0.2, 0) is 0 Å². The summed E-state index contributed by atoms with van der Waals surface area (Å²) >= 11 is 6.20. The van der Waals surface area contributed by atoms with E-state index in [4.69, 9.17) is 11.6 Å². The maximum Gasteiger partial charge on any atom is 0.253 e. The Bertz CT molecular complexity index is 365. The van der Waals surface area contributed by atoms with Crippen LogP contribution in [0.25, 0.3) is 0 Å². The van der Waals surface area contributed by atoms with Crippen molar-refractivity contribution in [1.29, 1.82) is 0 Å². The zero-order valence-corrected chi connectivity index (χ0v) is 10.2. The Morgan fingerprint density at radius 2 is 2.06 bits per heavy atom. The van der Waals surface area contributed by atoms with Gasteiger partial charge in [0, 0.05) is 18.7 Å². The molecular weight excluding hydrogens is 222 g/mol. The number of piperidine rings is 1. The number of carbonyl (C=O) groups excluding carboxylic acids is 1. The van der Waals surface area contributed by atoms with Crippen LogP contribution >= 0.6 is 11.6 Å². The Balaban J connectivity index is 2.06. The SMILES string of the molecule is CC1CCN(C(=O)c2ccccc2)CC1Cl. The molecule has 1 aromatic rings. The predicted molar refractivity (Wildman–Crippen MR) is 65.8 cm³/mol. The van der Waals surface area contributed by atoms with E-state index in [9.17, 15) is 4.79 Å². The van der Waals surface area contributed by atoms with Gasteiger partial charge in [0.25, 0.3) is 5.91 Å². The molecule has 1 amide bonds. The third-order valence-corrected chi connectivity index (χ3v) is 3.74. The fourth-order valence-electron chi connectivity index (χ4n) is 1.97. The molecule has 16 heavy (non-hydrogen) atoms. The highest BCUT2D eigenvalue weighted by molar-refractivity contribution is 6.21. The Labute approximate surface area is 101 Å². The number of hydrogen-bond acceptors (Lipinski definition) is 1. The Hall–Kier alpha value is -1.02. The molecule has 2 atom stereocenters. The molecule has 0 saturated carbocycles. The number of amides is 1. The van der Waals surface area contributed by atoms with Crippen molar-refractivity contribution in [1.82, 2.24) is 4.90 Å². The second-order valence-corrected chi connectivity index (χ2v) is 4.96. The molecule has 0 bridgehead atoms. The second-order valence-electron chi connectivity index (χ2n) is 4.40. The van der Waals surface area contributed by atoms with Crippen molar-refractivity contribution in [3.05, 3.63) is 35.9 Å². The summed E-state index contributed by atoms with van der Waals surface area (Å²) in [4.78, 5) is 14.0. The van der Waals surface area contributed by atoms with E-state index in [1.807, 2.05) is 35.2 Å². The normalized spacial score (nSPS) is 25.5. The van der Waals surface area contributed by atoms with Gasteiger partial charge in [-0.15, -0.1) is 11.6 Å². The van der Waals surface area contributed by atoms with E-state index in [1.54, 1.807) is 0 Å². The lowest BCUT2D eigenvalue weighted by Gasteiger charge is -2.34. The molecule has 1 saturated heterocycles. The first-order chi connectivity index (χ1) is 7.68. The third kappa shape index (κ3) is 2.38. The number of likely N-dealkylation sites (tertiary alicyclic amines) is 1.